The van der Waals surface area contributed by atoms with Gasteiger partial charge in [-0.2, -0.15) is 0 Å². The second-order valence-corrected chi connectivity index (χ2v) is 6.02. The van der Waals surface area contributed by atoms with Gasteiger partial charge in [-0.05, 0) is 37.0 Å². The Hall–Kier alpha value is -1.55. The first-order valence-electron chi connectivity index (χ1n) is 7.39. The highest BCUT2D eigenvalue weighted by Gasteiger charge is 2.17. The van der Waals surface area contributed by atoms with Crippen molar-refractivity contribution in [1.29, 1.82) is 0 Å². The summed E-state index contributed by atoms with van der Waals surface area (Å²) in [4.78, 5) is 23.1. The van der Waals surface area contributed by atoms with Gasteiger partial charge in [0.2, 0.25) is 5.91 Å². The SMILES string of the molecule is O=C(CC1CCCCCC1)Nc1ccc(Cl)c(C(=O)O)c1. The number of halogens is 1. The highest BCUT2D eigenvalue weighted by molar-refractivity contribution is 6.33. The minimum Gasteiger partial charge on any atom is -0.478 e. The molecule has 0 radical (unpaired) electrons. The standard InChI is InChI=1S/C16H20ClNO3/c17-14-8-7-12(10-13(14)16(20)21)18-15(19)9-11-5-3-1-2-4-6-11/h7-8,10-11H,1-6,9H2,(H,18,19)(H,20,21). The number of rotatable bonds is 4. The third kappa shape index (κ3) is 4.74. The van der Waals surface area contributed by atoms with Crippen molar-refractivity contribution in [1.82, 2.24) is 0 Å². The van der Waals surface area contributed by atoms with E-state index in [9.17, 15) is 9.59 Å². The molecule has 1 aromatic carbocycles. The maximum Gasteiger partial charge on any atom is 0.337 e. The lowest BCUT2D eigenvalue weighted by atomic mass is 9.96. The minimum atomic E-state index is -1.10. The predicted octanol–water partition coefficient (Wildman–Crippen LogP) is 4.34. The molecule has 1 aliphatic rings. The van der Waals surface area contributed by atoms with Crippen molar-refractivity contribution in [2.75, 3.05) is 5.32 Å². The van der Waals surface area contributed by atoms with Crippen LogP contribution in [-0.2, 0) is 4.79 Å². The summed E-state index contributed by atoms with van der Waals surface area (Å²) in [5, 5.41) is 12.0. The van der Waals surface area contributed by atoms with Gasteiger partial charge in [0.15, 0.2) is 0 Å². The van der Waals surface area contributed by atoms with Crippen molar-refractivity contribution in [3.63, 3.8) is 0 Å². The molecule has 21 heavy (non-hydrogen) atoms. The van der Waals surface area contributed by atoms with E-state index in [1.807, 2.05) is 0 Å². The van der Waals surface area contributed by atoms with Gasteiger partial charge >= 0.3 is 5.97 Å². The van der Waals surface area contributed by atoms with Crippen LogP contribution in [0.25, 0.3) is 0 Å². The van der Waals surface area contributed by atoms with Gasteiger partial charge < -0.3 is 10.4 Å². The van der Waals surface area contributed by atoms with Crippen LogP contribution < -0.4 is 5.32 Å². The summed E-state index contributed by atoms with van der Waals surface area (Å²) in [7, 11) is 0. The molecule has 0 aromatic heterocycles. The number of anilines is 1. The number of carbonyl (C=O) groups excluding carboxylic acids is 1. The van der Waals surface area contributed by atoms with Crippen LogP contribution >= 0.6 is 11.6 Å². The second-order valence-electron chi connectivity index (χ2n) is 5.61. The molecule has 5 heteroatoms. The van der Waals surface area contributed by atoms with E-state index in [0.29, 0.717) is 18.0 Å². The first-order chi connectivity index (χ1) is 10.1. The number of amides is 1. The fourth-order valence-electron chi connectivity index (χ4n) is 2.81. The molecule has 0 bridgehead atoms. The van der Waals surface area contributed by atoms with Crippen molar-refractivity contribution in [2.24, 2.45) is 5.92 Å². The highest BCUT2D eigenvalue weighted by atomic mass is 35.5. The molecule has 1 aromatic rings. The number of hydrogen-bond donors (Lipinski definition) is 2. The zero-order chi connectivity index (χ0) is 15.2. The third-order valence-electron chi connectivity index (χ3n) is 3.93. The van der Waals surface area contributed by atoms with E-state index < -0.39 is 5.97 Å². The monoisotopic (exact) mass is 309 g/mol. The van der Waals surface area contributed by atoms with Crippen molar-refractivity contribution in [2.45, 2.75) is 44.9 Å². The minimum absolute atomic E-state index is 0.00364. The smallest absolute Gasteiger partial charge is 0.337 e. The fourth-order valence-corrected chi connectivity index (χ4v) is 3.01. The van der Waals surface area contributed by atoms with Crippen molar-refractivity contribution < 1.29 is 14.7 Å². The molecule has 0 saturated heterocycles. The van der Waals surface area contributed by atoms with Crippen molar-refractivity contribution in [3.8, 4) is 0 Å². The zero-order valence-electron chi connectivity index (χ0n) is 11.9. The largest absolute Gasteiger partial charge is 0.478 e. The van der Waals surface area contributed by atoms with Crippen LogP contribution in [0, 0.1) is 5.92 Å². The Morgan fingerprint density at radius 1 is 1.19 bits per heavy atom. The quantitative estimate of drug-likeness (QED) is 0.813. The first kappa shape index (κ1) is 15.8. The Balaban J connectivity index is 1.95. The number of carbonyl (C=O) groups is 2. The summed E-state index contributed by atoms with van der Waals surface area (Å²) >= 11 is 5.81. The molecule has 2 rings (SSSR count). The summed E-state index contributed by atoms with van der Waals surface area (Å²) in [5.41, 5.74) is 0.486. The Labute approximate surface area is 129 Å². The fraction of sp³-hybridized carbons (Fsp3) is 0.500. The summed E-state index contributed by atoms with van der Waals surface area (Å²) in [5.74, 6) is -0.709. The normalized spacial score (nSPS) is 16.2. The van der Waals surface area contributed by atoms with Gasteiger partial charge in [0.05, 0.1) is 10.6 Å². The number of nitrogens with one attached hydrogen (secondary N) is 1. The molecule has 2 N–H and O–H groups in total. The Morgan fingerprint density at radius 3 is 2.48 bits per heavy atom. The van der Waals surface area contributed by atoms with Gasteiger partial charge in [0.25, 0.3) is 0 Å². The third-order valence-corrected chi connectivity index (χ3v) is 4.26. The molecule has 1 fully saturated rings. The average molecular weight is 310 g/mol. The Morgan fingerprint density at radius 2 is 1.86 bits per heavy atom. The molecule has 1 amide bonds. The van der Waals surface area contributed by atoms with E-state index in [1.165, 1.54) is 37.8 Å². The molecule has 0 unspecified atom stereocenters. The lowest BCUT2D eigenvalue weighted by Crippen LogP contribution is -2.16. The van der Waals surface area contributed by atoms with Gasteiger partial charge in [-0.1, -0.05) is 37.3 Å². The Bertz CT molecular complexity index is 522. The molecule has 114 valence electrons. The molecular formula is C16H20ClNO3. The average Bonchev–Trinajstić information content (AvgIpc) is 2.69. The molecule has 1 saturated carbocycles. The number of carboxylic acids is 1. The van der Waals surface area contributed by atoms with Crippen LogP contribution in [0.4, 0.5) is 5.69 Å². The maximum absolute atomic E-state index is 12.1. The van der Waals surface area contributed by atoms with Gasteiger partial charge in [-0.3, -0.25) is 4.79 Å². The summed E-state index contributed by atoms with van der Waals surface area (Å²) in [6.07, 6.45) is 7.63. The maximum atomic E-state index is 12.1. The van der Waals surface area contributed by atoms with E-state index in [1.54, 1.807) is 6.07 Å². The molecule has 4 nitrogen and oxygen atoms in total. The summed E-state index contributed by atoms with van der Waals surface area (Å²) in [6, 6.07) is 4.52. The number of aromatic carboxylic acids is 1. The molecule has 0 aliphatic heterocycles. The number of carboxylic acid groups (broad SMARTS) is 1. The van der Waals surface area contributed by atoms with E-state index >= 15 is 0 Å². The molecule has 0 heterocycles. The number of benzene rings is 1. The van der Waals surface area contributed by atoms with Crippen LogP contribution in [-0.4, -0.2) is 17.0 Å². The van der Waals surface area contributed by atoms with Crippen LogP contribution in [0.3, 0.4) is 0 Å². The van der Waals surface area contributed by atoms with Crippen molar-refractivity contribution in [3.05, 3.63) is 28.8 Å². The topological polar surface area (TPSA) is 66.4 Å². The predicted molar refractivity (Wildman–Crippen MR) is 82.9 cm³/mol. The van der Waals surface area contributed by atoms with Gasteiger partial charge in [0.1, 0.15) is 0 Å². The summed E-state index contributed by atoms with van der Waals surface area (Å²) < 4.78 is 0. The van der Waals surface area contributed by atoms with Crippen LogP contribution in [0.15, 0.2) is 18.2 Å². The van der Waals surface area contributed by atoms with Gasteiger partial charge in [-0.25, -0.2) is 4.79 Å². The van der Waals surface area contributed by atoms with E-state index in [-0.39, 0.29) is 16.5 Å². The van der Waals surface area contributed by atoms with E-state index in [0.717, 1.165) is 12.8 Å². The first-order valence-corrected chi connectivity index (χ1v) is 7.77. The van der Waals surface area contributed by atoms with Gasteiger partial charge in [-0.15, -0.1) is 0 Å². The summed E-state index contributed by atoms with van der Waals surface area (Å²) in [6.45, 7) is 0. The molecule has 0 spiro atoms. The van der Waals surface area contributed by atoms with Crippen LogP contribution in [0.1, 0.15) is 55.3 Å². The van der Waals surface area contributed by atoms with E-state index in [4.69, 9.17) is 16.7 Å². The molecule has 1 aliphatic carbocycles. The number of hydrogen-bond acceptors (Lipinski definition) is 2. The van der Waals surface area contributed by atoms with Gasteiger partial charge in [0, 0.05) is 12.1 Å². The lowest BCUT2D eigenvalue weighted by Gasteiger charge is -2.14. The van der Waals surface area contributed by atoms with Crippen LogP contribution in [0.5, 0.6) is 0 Å². The highest BCUT2D eigenvalue weighted by Crippen LogP contribution is 2.26. The Kier molecular flexibility index (Phi) is 5.62. The lowest BCUT2D eigenvalue weighted by molar-refractivity contribution is -0.117. The van der Waals surface area contributed by atoms with Crippen LogP contribution in [0.2, 0.25) is 5.02 Å². The molecule has 0 atom stereocenters. The zero-order valence-corrected chi connectivity index (χ0v) is 12.7. The second kappa shape index (κ2) is 7.46. The van der Waals surface area contributed by atoms with Crippen molar-refractivity contribution >= 4 is 29.2 Å². The van der Waals surface area contributed by atoms with E-state index in [2.05, 4.69) is 5.32 Å². The molecular weight excluding hydrogens is 290 g/mol.